The number of halogens is 1. The number of nitrogens with zero attached hydrogens (tertiary/aromatic N) is 3. The smallest absolute Gasteiger partial charge is 0.146 e. The van der Waals surface area contributed by atoms with Crippen LogP contribution in [0.5, 0.6) is 0 Å². The number of rotatable bonds is 5. The Kier molecular flexibility index (Phi) is 4.11. The average Bonchev–Trinajstić information content (AvgIpc) is 2.71. The van der Waals surface area contributed by atoms with Crippen molar-refractivity contribution < 1.29 is 4.74 Å². The Morgan fingerprint density at radius 3 is 3.00 bits per heavy atom. The van der Waals surface area contributed by atoms with Gasteiger partial charge in [0.15, 0.2) is 0 Å². The van der Waals surface area contributed by atoms with E-state index in [1.807, 2.05) is 0 Å². The molecule has 2 N–H and O–H groups in total. The van der Waals surface area contributed by atoms with Crippen molar-refractivity contribution in [2.75, 3.05) is 12.3 Å². The predicted molar refractivity (Wildman–Crippen MR) is 87.6 cm³/mol. The van der Waals surface area contributed by atoms with Crippen molar-refractivity contribution in [1.29, 1.82) is 0 Å². The van der Waals surface area contributed by atoms with Gasteiger partial charge in [0, 0.05) is 22.4 Å². The van der Waals surface area contributed by atoms with Crippen LogP contribution in [0.1, 0.15) is 38.6 Å². The fourth-order valence-electron chi connectivity index (χ4n) is 2.64. The first kappa shape index (κ1) is 14.1. The molecule has 2 aromatic rings. The number of nitrogens with two attached hydrogens (primary N) is 1. The van der Waals surface area contributed by atoms with Crippen LogP contribution in [0.4, 0.5) is 5.82 Å². The van der Waals surface area contributed by atoms with Crippen LogP contribution in [0, 0.1) is 3.57 Å². The van der Waals surface area contributed by atoms with E-state index in [0.29, 0.717) is 18.0 Å². The monoisotopic (exact) mass is 386 g/mol. The van der Waals surface area contributed by atoms with E-state index in [2.05, 4.69) is 50.2 Å². The maximum Gasteiger partial charge on any atom is 0.146 e. The lowest BCUT2D eigenvalue weighted by Gasteiger charge is -2.36. The molecule has 0 saturated heterocycles. The highest BCUT2D eigenvalue weighted by atomic mass is 127. The van der Waals surface area contributed by atoms with Crippen molar-refractivity contribution in [3.63, 3.8) is 0 Å². The van der Waals surface area contributed by atoms with E-state index in [0.717, 1.165) is 40.5 Å². The normalized spacial score (nSPS) is 22.1. The SMILES string of the molecule is CCCCOC1CC(n2cc(I)c3c(N)ncnc32)C1. The zero-order chi connectivity index (χ0) is 14.1. The molecule has 0 atom stereocenters. The van der Waals surface area contributed by atoms with E-state index in [9.17, 15) is 0 Å². The highest BCUT2D eigenvalue weighted by Crippen LogP contribution is 2.38. The Balaban J connectivity index is 1.72. The number of fused-ring (bicyclic) bond motifs is 1. The van der Waals surface area contributed by atoms with Gasteiger partial charge in [0.05, 0.1) is 11.5 Å². The molecule has 5 nitrogen and oxygen atoms in total. The summed E-state index contributed by atoms with van der Waals surface area (Å²) in [6.45, 7) is 3.07. The van der Waals surface area contributed by atoms with E-state index in [4.69, 9.17) is 10.5 Å². The molecule has 0 aliphatic heterocycles. The molecule has 1 fully saturated rings. The van der Waals surface area contributed by atoms with Crippen LogP contribution < -0.4 is 5.73 Å². The van der Waals surface area contributed by atoms with Gasteiger partial charge in [0.25, 0.3) is 0 Å². The maximum absolute atomic E-state index is 5.94. The van der Waals surface area contributed by atoms with Crippen molar-refractivity contribution in [3.05, 3.63) is 16.1 Å². The highest BCUT2D eigenvalue weighted by molar-refractivity contribution is 14.1. The summed E-state index contributed by atoms with van der Waals surface area (Å²) >= 11 is 2.30. The molecule has 2 heterocycles. The van der Waals surface area contributed by atoms with Crippen LogP contribution in [-0.4, -0.2) is 27.2 Å². The summed E-state index contributed by atoms with van der Waals surface area (Å²) in [6.07, 6.45) is 8.53. The third-order valence-corrected chi connectivity index (χ3v) is 4.73. The highest BCUT2D eigenvalue weighted by Gasteiger charge is 2.32. The van der Waals surface area contributed by atoms with E-state index < -0.39 is 0 Å². The van der Waals surface area contributed by atoms with E-state index >= 15 is 0 Å². The number of nitrogen functional groups attached to an aromatic ring is 1. The second kappa shape index (κ2) is 5.85. The van der Waals surface area contributed by atoms with E-state index in [1.165, 1.54) is 12.7 Å². The number of anilines is 1. The molecule has 108 valence electrons. The molecule has 0 radical (unpaired) electrons. The van der Waals surface area contributed by atoms with E-state index in [1.54, 1.807) is 0 Å². The quantitative estimate of drug-likeness (QED) is 0.634. The Hall–Kier alpha value is -0.890. The van der Waals surface area contributed by atoms with Gasteiger partial charge in [-0.25, -0.2) is 9.97 Å². The molecule has 3 rings (SSSR count). The minimum atomic E-state index is 0.404. The molecule has 2 aromatic heterocycles. The summed E-state index contributed by atoms with van der Waals surface area (Å²) in [5, 5.41) is 0.975. The van der Waals surface area contributed by atoms with Gasteiger partial charge < -0.3 is 15.0 Å². The summed E-state index contributed by atoms with van der Waals surface area (Å²) in [7, 11) is 0. The summed E-state index contributed by atoms with van der Waals surface area (Å²) < 4.78 is 9.19. The number of ether oxygens (including phenoxy) is 1. The fraction of sp³-hybridized carbons (Fsp3) is 0.571. The summed E-state index contributed by atoms with van der Waals surface area (Å²) in [5.74, 6) is 0.563. The first-order chi connectivity index (χ1) is 9.70. The lowest BCUT2D eigenvalue weighted by atomic mass is 9.89. The Labute approximate surface area is 132 Å². The fourth-order valence-corrected chi connectivity index (χ4v) is 3.45. The maximum atomic E-state index is 5.94. The molecule has 20 heavy (non-hydrogen) atoms. The summed E-state index contributed by atoms with van der Waals surface area (Å²) in [4.78, 5) is 8.47. The van der Waals surface area contributed by atoms with Gasteiger partial charge in [0.1, 0.15) is 17.8 Å². The molecule has 1 aliphatic rings. The minimum absolute atomic E-state index is 0.404. The number of hydrogen-bond donors (Lipinski definition) is 1. The van der Waals surface area contributed by atoms with Crippen LogP contribution in [0.2, 0.25) is 0 Å². The first-order valence-corrected chi connectivity index (χ1v) is 8.16. The molecule has 1 aliphatic carbocycles. The van der Waals surface area contributed by atoms with Crippen LogP contribution >= 0.6 is 22.6 Å². The Bertz CT molecular complexity index is 606. The van der Waals surface area contributed by atoms with E-state index in [-0.39, 0.29) is 0 Å². The lowest BCUT2D eigenvalue weighted by Crippen LogP contribution is -2.33. The number of aromatic nitrogens is 3. The van der Waals surface area contributed by atoms with Crippen molar-refractivity contribution in [1.82, 2.24) is 14.5 Å². The summed E-state index contributed by atoms with van der Waals surface area (Å²) in [6, 6.07) is 0.474. The minimum Gasteiger partial charge on any atom is -0.383 e. The van der Waals surface area contributed by atoms with Gasteiger partial charge >= 0.3 is 0 Å². The Morgan fingerprint density at radius 1 is 1.45 bits per heavy atom. The molecular weight excluding hydrogens is 367 g/mol. The van der Waals surface area contributed by atoms with Crippen LogP contribution in [-0.2, 0) is 4.74 Å². The topological polar surface area (TPSA) is 66.0 Å². The molecule has 0 bridgehead atoms. The molecular formula is C14H19IN4O. The third-order valence-electron chi connectivity index (χ3n) is 3.91. The average molecular weight is 386 g/mol. The largest absolute Gasteiger partial charge is 0.383 e. The zero-order valence-electron chi connectivity index (χ0n) is 11.6. The van der Waals surface area contributed by atoms with Gasteiger partial charge in [-0.15, -0.1) is 0 Å². The standard InChI is InChI=1S/C14H19IN4O/c1-2-3-4-20-10-5-9(6-10)19-7-11(15)12-13(16)17-8-18-14(12)19/h7-10H,2-6H2,1H3,(H2,16,17,18). The van der Waals surface area contributed by atoms with Crippen LogP contribution in [0.3, 0.4) is 0 Å². The van der Waals surface area contributed by atoms with Gasteiger partial charge in [-0.1, -0.05) is 13.3 Å². The molecule has 6 heteroatoms. The molecule has 0 spiro atoms. The molecule has 0 amide bonds. The van der Waals surface area contributed by atoms with Crippen LogP contribution in [0.25, 0.3) is 11.0 Å². The van der Waals surface area contributed by atoms with Gasteiger partial charge in [-0.05, 0) is 41.9 Å². The number of hydrogen-bond acceptors (Lipinski definition) is 4. The Morgan fingerprint density at radius 2 is 2.25 bits per heavy atom. The van der Waals surface area contributed by atoms with Gasteiger partial charge in [0.2, 0.25) is 0 Å². The molecule has 0 aromatic carbocycles. The van der Waals surface area contributed by atoms with Gasteiger partial charge in [-0.2, -0.15) is 0 Å². The zero-order valence-corrected chi connectivity index (χ0v) is 13.7. The second-order valence-electron chi connectivity index (χ2n) is 5.31. The van der Waals surface area contributed by atoms with Crippen molar-refractivity contribution >= 4 is 39.4 Å². The lowest BCUT2D eigenvalue weighted by molar-refractivity contribution is -0.0259. The number of unbranched alkanes of at least 4 members (excludes halogenated alkanes) is 1. The van der Waals surface area contributed by atoms with Crippen molar-refractivity contribution in [2.24, 2.45) is 0 Å². The van der Waals surface area contributed by atoms with Crippen LogP contribution in [0.15, 0.2) is 12.5 Å². The summed E-state index contributed by atoms with van der Waals surface area (Å²) in [5.41, 5.74) is 6.89. The predicted octanol–water partition coefficient (Wildman–Crippen LogP) is 3.14. The molecule has 0 unspecified atom stereocenters. The third kappa shape index (κ3) is 2.50. The van der Waals surface area contributed by atoms with Gasteiger partial charge in [-0.3, -0.25) is 0 Å². The molecule has 1 saturated carbocycles. The van der Waals surface area contributed by atoms with Crippen molar-refractivity contribution in [2.45, 2.75) is 44.8 Å². The second-order valence-corrected chi connectivity index (χ2v) is 6.48. The van der Waals surface area contributed by atoms with Crippen molar-refractivity contribution in [3.8, 4) is 0 Å². The first-order valence-electron chi connectivity index (χ1n) is 7.08.